The van der Waals surface area contributed by atoms with E-state index < -0.39 is 10.9 Å². The molecule has 0 aliphatic heterocycles. The summed E-state index contributed by atoms with van der Waals surface area (Å²) in [5.41, 5.74) is 0.418. The van der Waals surface area contributed by atoms with Gasteiger partial charge in [-0.05, 0) is 23.1 Å². The highest BCUT2D eigenvalue weighted by Crippen LogP contribution is 2.14. The largest absolute Gasteiger partial charge is 0.458 e. The molecule has 0 atom stereocenters. The number of aryl methyl sites for hydroxylation is 1. The quantitative estimate of drug-likeness (QED) is 0.468. The van der Waals surface area contributed by atoms with Crippen molar-refractivity contribution in [3.8, 4) is 0 Å². The van der Waals surface area contributed by atoms with Gasteiger partial charge in [-0.1, -0.05) is 22.0 Å². The Morgan fingerprint density at radius 1 is 1.52 bits per heavy atom. The lowest BCUT2D eigenvalue weighted by molar-refractivity contribution is -0.392. The number of halogens is 1. The zero-order valence-electron chi connectivity index (χ0n) is 11.2. The third-order valence-electron chi connectivity index (χ3n) is 2.83. The molecule has 7 nitrogen and oxygen atoms in total. The predicted molar refractivity (Wildman–Crippen MR) is 78.0 cm³/mol. The molecule has 0 aliphatic rings. The van der Waals surface area contributed by atoms with Gasteiger partial charge in [-0.25, -0.2) is 14.3 Å². The Balaban J connectivity index is 1.97. The molecule has 0 radical (unpaired) electrons. The van der Waals surface area contributed by atoms with Crippen LogP contribution in [0, 0.1) is 17.0 Å². The van der Waals surface area contributed by atoms with Gasteiger partial charge in [0, 0.05) is 11.4 Å². The van der Waals surface area contributed by atoms with Crippen LogP contribution in [0.1, 0.15) is 16.2 Å². The summed E-state index contributed by atoms with van der Waals surface area (Å²) >= 11 is 3.27. The molecule has 0 aliphatic carbocycles. The van der Waals surface area contributed by atoms with Crippen molar-refractivity contribution in [1.29, 1.82) is 0 Å². The van der Waals surface area contributed by atoms with Crippen LogP contribution in [0.15, 0.2) is 34.9 Å². The second kappa shape index (κ2) is 6.49. The summed E-state index contributed by atoms with van der Waals surface area (Å²) in [6.45, 7) is 1.87. The molecule has 0 unspecified atom stereocenters. The first-order valence-corrected chi connectivity index (χ1v) is 6.87. The van der Waals surface area contributed by atoms with Crippen LogP contribution in [-0.2, 0) is 11.3 Å². The fourth-order valence-electron chi connectivity index (χ4n) is 1.81. The minimum atomic E-state index is -0.518. The molecule has 1 aromatic heterocycles. The average Bonchev–Trinajstić information content (AvgIpc) is 2.80. The minimum absolute atomic E-state index is 0.0311. The van der Waals surface area contributed by atoms with Crippen molar-refractivity contribution in [1.82, 2.24) is 9.55 Å². The third-order valence-corrected chi connectivity index (χ3v) is 3.32. The van der Waals surface area contributed by atoms with Gasteiger partial charge in [0.2, 0.25) is 0 Å². The van der Waals surface area contributed by atoms with Crippen LogP contribution in [0.25, 0.3) is 0 Å². The Kier molecular flexibility index (Phi) is 4.69. The Morgan fingerprint density at radius 3 is 2.95 bits per heavy atom. The van der Waals surface area contributed by atoms with E-state index >= 15 is 0 Å². The van der Waals surface area contributed by atoms with Gasteiger partial charge >= 0.3 is 11.8 Å². The summed E-state index contributed by atoms with van der Waals surface area (Å²) in [5, 5.41) is 10.8. The summed E-state index contributed by atoms with van der Waals surface area (Å²) in [5.74, 6) is -0.0945. The highest BCUT2D eigenvalue weighted by atomic mass is 79.9. The molecule has 1 heterocycles. The molecule has 2 rings (SSSR count). The van der Waals surface area contributed by atoms with E-state index in [9.17, 15) is 14.9 Å². The number of benzene rings is 1. The smallest absolute Gasteiger partial charge is 0.342 e. The van der Waals surface area contributed by atoms with Gasteiger partial charge in [0.1, 0.15) is 19.3 Å². The normalized spacial score (nSPS) is 10.4. The van der Waals surface area contributed by atoms with Crippen LogP contribution < -0.4 is 0 Å². The monoisotopic (exact) mass is 353 g/mol. The maximum atomic E-state index is 11.8. The van der Waals surface area contributed by atoms with E-state index in [1.807, 2.05) is 0 Å². The highest BCUT2D eigenvalue weighted by Gasteiger charge is 2.17. The first-order chi connectivity index (χ1) is 9.99. The van der Waals surface area contributed by atoms with Crippen molar-refractivity contribution >= 4 is 27.7 Å². The number of nitrogens with zero attached hydrogens (tertiary/aromatic N) is 3. The maximum Gasteiger partial charge on any atom is 0.342 e. The topological polar surface area (TPSA) is 87.3 Å². The molecule has 0 N–H and O–H groups in total. The number of esters is 1. The molecule has 8 heteroatoms. The van der Waals surface area contributed by atoms with Crippen LogP contribution >= 0.6 is 15.9 Å². The number of aromatic nitrogens is 2. The Labute approximate surface area is 128 Å². The molecule has 1 aromatic carbocycles. The number of rotatable bonds is 5. The number of hydrogen-bond donors (Lipinski definition) is 0. The highest BCUT2D eigenvalue weighted by molar-refractivity contribution is 9.10. The summed E-state index contributed by atoms with van der Waals surface area (Å²) < 4.78 is 7.29. The molecule has 0 bridgehead atoms. The molecule has 110 valence electrons. The number of nitro groups is 1. The van der Waals surface area contributed by atoms with Crippen LogP contribution in [0.2, 0.25) is 0 Å². The first-order valence-electron chi connectivity index (χ1n) is 6.08. The van der Waals surface area contributed by atoms with E-state index in [1.54, 1.807) is 31.2 Å². The second-order valence-corrected chi connectivity index (χ2v) is 5.13. The van der Waals surface area contributed by atoms with Gasteiger partial charge in [0.15, 0.2) is 5.82 Å². The van der Waals surface area contributed by atoms with E-state index in [2.05, 4.69) is 20.9 Å². The number of carbonyl (C=O) groups excluding carboxylic acids is 1. The fourth-order valence-corrected chi connectivity index (χ4v) is 2.21. The number of imidazole rings is 1. The summed E-state index contributed by atoms with van der Waals surface area (Å²) in [6, 6.07) is 6.81. The lowest BCUT2D eigenvalue weighted by atomic mass is 10.2. The standard InChI is InChI=1S/C13H12BrN3O4/c1-9-15-8-12(17(19)20)16(9)5-6-21-13(18)10-3-2-4-11(14)7-10/h2-4,7-8H,5-6H2,1H3. The van der Waals surface area contributed by atoms with E-state index in [4.69, 9.17) is 4.74 Å². The van der Waals surface area contributed by atoms with Crippen LogP contribution in [0.5, 0.6) is 0 Å². The number of hydrogen-bond acceptors (Lipinski definition) is 5. The van der Waals surface area contributed by atoms with Crippen molar-refractivity contribution in [2.75, 3.05) is 6.61 Å². The van der Waals surface area contributed by atoms with Gasteiger partial charge in [-0.3, -0.25) is 0 Å². The van der Waals surface area contributed by atoms with Gasteiger partial charge in [-0.15, -0.1) is 0 Å². The minimum Gasteiger partial charge on any atom is -0.458 e. The molecule has 2 aromatic rings. The lowest BCUT2D eigenvalue weighted by Crippen LogP contribution is -2.13. The molecular weight excluding hydrogens is 342 g/mol. The van der Waals surface area contributed by atoms with Gasteiger partial charge < -0.3 is 14.9 Å². The zero-order chi connectivity index (χ0) is 15.4. The second-order valence-electron chi connectivity index (χ2n) is 4.22. The van der Waals surface area contributed by atoms with Crippen molar-refractivity contribution in [2.45, 2.75) is 13.5 Å². The van der Waals surface area contributed by atoms with Crippen molar-refractivity contribution in [3.05, 3.63) is 56.4 Å². The van der Waals surface area contributed by atoms with Crippen molar-refractivity contribution < 1.29 is 14.5 Å². The van der Waals surface area contributed by atoms with Gasteiger partial charge in [-0.2, -0.15) is 0 Å². The van der Waals surface area contributed by atoms with E-state index in [1.165, 1.54) is 10.8 Å². The molecular formula is C13H12BrN3O4. The van der Waals surface area contributed by atoms with Crippen molar-refractivity contribution in [2.24, 2.45) is 0 Å². The fraction of sp³-hybridized carbons (Fsp3) is 0.231. The van der Waals surface area contributed by atoms with E-state index in [-0.39, 0.29) is 19.0 Å². The summed E-state index contributed by atoms with van der Waals surface area (Å²) in [4.78, 5) is 26.0. The summed E-state index contributed by atoms with van der Waals surface area (Å²) in [7, 11) is 0. The molecule has 21 heavy (non-hydrogen) atoms. The van der Waals surface area contributed by atoms with E-state index in [0.717, 1.165) is 4.47 Å². The summed E-state index contributed by atoms with van der Waals surface area (Å²) in [6.07, 6.45) is 1.19. The zero-order valence-corrected chi connectivity index (χ0v) is 12.7. The molecule has 0 fully saturated rings. The van der Waals surface area contributed by atoms with Crippen LogP contribution in [-0.4, -0.2) is 27.1 Å². The molecule has 0 saturated carbocycles. The number of ether oxygens (including phenoxy) is 1. The third kappa shape index (κ3) is 3.66. The Morgan fingerprint density at radius 2 is 2.29 bits per heavy atom. The number of carbonyl (C=O) groups is 1. The predicted octanol–water partition coefficient (Wildman–Crippen LogP) is 2.72. The average molecular weight is 354 g/mol. The Hall–Kier alpha value is -2.22. The van der Waals surface area contributed by atoms with Gasteiger partial charge in [0.05, 0.1) is 5.56 Å². The SMILES string of the molecule is Cc1ncc([N+](=O)[O-])n1CCOC(=O)c1cccc(Br)c1. The maximum absolute atomic E-state index is 11.8. The Bertz CT molecular complexity index is 684. The first kappa shape index (κ1) is 15.2. The van der Waals surface area contributed by atoms with Gasteiger partial charge in [0.25, 0.3) is 0 Å². The molecule has 0 amide bonds. The molecule has 0 spiro atoms. The van der Waals surface area contributed by atoms with E-state index in [0.29, 0.717) is 11.4 Å². The molecule has 0 saturated heterocycles. The lowest BCUT2D eigenvalue weighted by Gasteiger charge is -2.05. The van der Waals surface area contributed by atoms with Crippen LogP contribution in [0.4, 0.5) is 5.82 Å². The van der Waals surface area contributed by atoms with Crippen molar-refractivity contribution in [3.63, 3.8) is 0 Å². The van der Waals surface area contributed by atoms with Crippen LogP contribution in [0.3, 0.4) is 0 Å².